The minimum absolute atomic E-state index is 0.320. The molecule has 1 aromatic rings. The number of halogens is 1. The molecular weight excluding hydrogens is 270 g/mol. The van der Waals surface area contributed by atoms with Crippen molar-refractivity contribution in [2.75, 3.05) is 12.8 Å². The minimum Gasteiger partial charge on any atom is -0.383 e. The van der Waals surface area contributed by atoms with E-state index in [0.29, 0.717) is 5.82 Å². The van der Waals surface area contributed by atoms with Crippen molar-refractivity contribution in [1.82, 2.24) is 9.97 Å². The first-order chi connectivity index (χ1) is 7.59. The zero-order chi connectivity index (χ0) is 11.8. The summed E-state index contributed by atoms with van der Waals surface area (Å²) in [5.41, 5.74) is 6.40. The highest BCUT2D eigenvalue weighted by molar-refractivity contribution is 9.10. The SMILES string of the molecule is COC1(c2nc(C)c(Br)c(N)n2)CCCC1. The third-order valence-electron chi connectivity index (χ3n) is 3.25. The monoisotopic (exact) mass is 285 g/mol. The number of ether oxygens (including phenoxy) is 1. The molecule has 16 heavy (non-hydrogen) atoms. The molecule has 1 aliphatic rings. The summed E-state index contributed by atoms with van der Waals surface area (Å²) in [6.45, 7) is 1.92. The van der Waals surface area contributed by atoms with E-state index in [1.165, 1.54) is 0 Å². The molecule has 5 heteroatoms. The summed E-state index contributed by atoms with van der Waals surface area (Å²) in [5, 5.41) is 0. The Labute approximate surface area is 104 Å². The molecule has 0 aromatic carbocycles. The van der Waals surface area contributed by atoms with Crippen molar-refractivity contribution in [3.63, 3.8) is 0 Å². The van der Waals surface area contributed by atoms with E-state index in [4.69, 9.17) is 10.5 Å². The van der Waals surface area contributed by atoms with Crippen molar-refractivity contribution < 1.29 is 4.74 Å². The van der Waals surface area contributed by atoms with Crippen LogP contribution in [0.25, 0.3) is 0 Å². The van der Waals surface area contributed by atoms with Gasteiger partial charge in [0.2, 0.25) is 0 Å². The molecule has 1 heterocycles. The molecule has 0 atom stereocenters. The van der Waals surface area contributed by atoms with Crippen molar-refractivity contribution in [2.24, 2.45) is 0 Å². The van der Waals surface area contributed by atoms with Crippen molar-refractivity contribution in [2.45, 2.75) is 38.2 Å². The van der Waals surface area contributed by atoms with Crippen molar-refractivity contribution in [1.29, 1.82) is 0 Å². The number of nitrogen functional groups attached to an aromatic ring is 1. The van der Waals surface area contributed by atoms with Crippen molar-refractivity contribution in [3.8, 4) is 0 Å². The van der Waals surface area contributed by atoms with Gasteiger partial charge in [0.05, 0.1) is 10.2 Å². The molecule has 0 aliphatic heterocycles. The fourth-order valence-electron chi connectivity index (χ4n) is 2.25. The van der Waals surface area contributed by atoms with E-state index in [1.54, 1.807) is 7.11 Å². The Morgan fingerprint density at radius 1 is 1.31 bits per heavy atom. The quantitative estimate of drug-likeness (QED) is 0.907. The van der Waals surface area contributed by atoms with Gasteiger partial charge in [-0.2, -0.15) is 0 Å². The maximum atomic E-state index is 5.85. The lowest BCUT2D eigenvalue weighted by atomic mass is 10.0. The van der Waals surface area contributed by atoms with Gasteiger partial charge in [0.15, 0.2) is 5.82 Å². The number of nitrogens with zero attached hydrogens (tertiary/aromatic N) is 2. The molecule has 88 valence electrons. The Bertz CT molecular complexity index is 379. The van der Waals surface area contributed by atoms with Crippen LogP contribution in [0.1, 0.15) is 37.2 Å². The topological polar surface area (TPSA) is 61.0 Å². The van der Waals surface area contributed by atoms with Gasteiger partial charge in [0, 0.05) is 7.11 Å². The van der Waals surface area contributed by atoms with E-state index >= 15 is 0 Å². The van der Waals surface area contributed by atoms with Crippen molar-refractivity contribution in [3.05, 3.63) is 16.0 Å². The summed E-state index contributed by atoms with van der Waals surface area (Å²) >= 11 is 3.37. The average molecular weight is 286 g/mol. The van der Waals surface area contributed by atoms with Gasteiger partial charge in [-0.1, -0.05) is 0 Å². The number of methoxy groups -OCH3 is 1. The smallest absolute Gasteiger partial charge is 0.162 e. The summed E-state index contributed by atoms with van der Waals surface area (Å²) in [5.74, 6) is 1.22. The maximum Gasteiger partial charge on any atom is 0.162 e. The van der Waals surface area contributed by atoms with Crippen LogP contribution < -0.4 is 5.73 Å². The predicted molar refractivity (Wildman–Crippen MR) is 66.0 cm³/mol. The molecule has 4 nitrogen and oxygen atoms in total. The first-order valence-electron chi connectivity index (χ1n) is 5.44. The van der Waals surface area contributed by atoms with Gasteiger partial charge in [-0.05, 0) is 48.5 Å². The molecule has 0 unspecified atom stereocenters. The molecule has 1 aliphatic carbocycles. The third-order valence-corrected chi connectivity index (χ3v) is 4.23. The molecule has 0 radical (unpaired) electrons. The number of anilines is 1. The minimum atomic E-state index is -0.320. The highest BCUT2D eigenvalue weighted by atomic mass is 79.9. The van der Waals surface area contributed by atoms with Crippen LogP contribution in [0.2, 0.25) is 0 Å². The lowest BCUT2D eigenvalue weighted by Gasteiger charge is -2.26. The Morgan fingerprint density at radius 2 is 1.94 bits per heavy atom. The second-order valence-electron chi connectivity index (χ2n) is 4.24. The first kappa shape index (κ1) is 11.8. The van der Waals surface area contributed by atoms with Gasteiger partial charge >= 0.3 is 0 Å². The molecule has 2 rings (SSSR count). The second-order valence-corrected chi connectivity index (χ2v) is 5.03. The number of hydrogen-bond donors (Lipinski definition) is 1. The van der Waals surface area contributed by atoms with Gasteiger partial charge in [-0.3, -0.25) is 0 Å². The Kier molecular flexibility index (Phi) is 3.17. The Hall–Kier alpha value is -0.680. The van der Waals surface area contributed by atoms with E-state index in [9.17, 15) is 0 Å². The Balaban J connectivity index is 2.47. The molecule has 0 bridgehead atoms. The molecule has 1 aromatic heterocycles. The normalized spacial score (nSPS) is 18.9. The molecule has 0 spiro atoms. The van der Waals surface area contributed by atoms with E-state index in [0.717, 1.165) is 41.7 Å². The Morgan fingerprint density at radius 3 is 2.44 bits per heavy atom. The fourth-order valence-corrected chi connectivity index (χ4v) is 2.43. The highest BCUT2D eigenvalue weighted by Gasteiger charge is 2.39. The second kappa shape index (κ2) is 4.30. The predicted octanol–water partition coefficient (Wildman–Crippen LogP) is 2.55. The van der Waals surface area contributed by atoms with Crippen LogP contribution in [-0.2, 0) is 10.3 Å². The van der Waals surface area contributed by atoms with Gasteiger partial charge in [-0.25, -0.2) is 9.97 Å². The fraction of sp³-hybridized carbons (Fsp3) is 0.636. The summed E-state index contributed by atoms with van der Waals surface area (Å²) in [6, 6.07) is 0. The van der Waals surface area contributed by atoms with Gasteiger partial charge < -0.3 is 10.5 Å². The third kappa shape index (κ3) is 1.82. The van der Waals surface area contributed by atoms with Crippen molar-refractivity contribution >= 4 is 21.7 Å². The van der Waals surface area contributed by atoms with Crippen LogP contribution in [0, 0.1) is 6.92 Å². The van der Waals surface area contributed by atoms with Crippen LogP contribution in [-0.4, -0.2) is 17.1 Å². The first-order valence-corrected chi connectivity index (χ1v) is 6.23. The lowest BCUT2D eigenvalue weighted by molar-refractivity contribution is -0.0163. The molecule has 1 fully saturated rings. The van der Waals surface area contributed by atoms with Gasteiger partial charge in [-0.15, -0.1) is 0 Å². The van der Waals surface area contributed by atoms with E-state index in [2.05, 4.69) is 25.9 Å². The number of aromatic nitrogens is 2. The number of aryl methyl sites for hydroxylation is 1. The van der Waals surface area contributed by atoms with Crippen LogP contribution in [0.15, 0.2) is 4.47 Å². The number of hydrogen-bond acceptors (Lipinski definition) is 4. The van der Waals surface area contributed by atoms with Crippen LogP contribution in [0.4, 0.5) is 5.82 Å². The largest absolute Gasteiger partial charge is 0.383 e. The summed E-state index contributed by atoms with van der Waals surface area (Å²) in [6.07, 6.45) is 4.27. The van der Waals surface area contributed by atoms with Crippen LogP contribution in [0.5, 0.6) is 0 Å². The lowest BCUT2D eigenvalue weighted by Crippen LogP contribution is -2.28. The van der Waals surface area contributed by atoms with Crippen LogP contribution >= 0.6 is 15.9 Å². The molecule has 0 amide bonds. The number of nitrogens with two attached hydrogens (primary N) is 1. The maximum absolute atomic E-state index is 5.85. The zero-order valence-corrected chi connectivity index (χ0v) is 11.2. The molecule has 0 saturated heterocycles. The van der Waals surface area contributed by atoms with Crippen LogP contribution in [0.3, 0.4) is 0 Å². The number of rotatable bonds is 2. The summed E-state index contributed by atoms with van der Waals surface area (Å²) in [4.78, 5) is 8.85. The van der Waals surface area contributed by atoms with E-state index in [-0.39, 0.29) is 5.60 Å². The zero-order valence-electron chi connectivity index (χ0n) is 9.59. The van der Waals surface area contributed by atoms with Gasteiger partial charge in [0.25, 0.3) is 0 Å². The molecule has 2 N–H and O–H groups in total. The standard InChI is InChI=1S/C11H16BrN3O/c1-7-8(12)9(13)15-10(14-7)11(16-2)5-3-4-6-11/h3-6H2,1-2H3,(H2,13,14,15). The summed E-state index contributed by atoms with van der Waals surface area (Å²) < 4.78 is 6.42. The average Bonchev–Trinajstić information content (AvgIpc) is 2.75. The van der Waals surface area contributed by atoms with Gasteiger partial charge in [0.1, 0.15) is 11.4 Å². The molecule has 1 saturated carbocycles. The molecular formula is C11H16BrN3O. The van der Waals surface area contributed by atoms with E-state index < -0.39 is 0 Å². The van der Waals surface area contributed by atoms with E-state index in [1.807, 2.05) is 6.92 Å². The highest BCUT2D eigenvalue weighted by Crippen LogP contribution is 2.40. The summed E-state index contributed by atoms with van der Waals surface area (Å²) in [7, 11) is 1.72.